The minimum absolute atomic E-state index is 0.188. The van der Waals surface area contributed by atoms with E-state index >= 15 is 0 Å². The Balaban J connectivity index is 2.24. The number of hydrogen-bond acceptors (Lipinski definition) is 3. The molecule has 21 heavy (non-hydrogen) atoms. The third-order valence-corrected chi connectivity index (χ3v) is 4.26. The third-order valence-electron chi connectivity index (χ3n) is 3.49. The van der Waals surface area contributed by atoms with Crippen LogP contribution in [0.25, 0.3) is 0 Å². The Morgan fingerprint density at radius 1 is 1.43 bits per heavy atom. The monoisotopic (exact) mass is 351 g/mol. The molecule has 4 nitrogen and oxygen atoms in total. The zero-order valence-corrected chi connectivity index (χ0v) is 14.4. The molecule has 2 rings (SSSR count). The van der Waals surface area contributed by atoms with Crippen molar-refractivity contribution in [2.75, 3.05) is 13.7 Å². The molecule has 1 unspecified atom stereocenters. The first-order valence-electron chi connectivity index (χ1n) is 7.18. The van der Waals surface area contributed by atoms with Crippen LogP contribution >= 0.6 is 15.9 Å². The predicted molar refractivity (Wildman–Crippen MR) is 88.6 cm³/mol. The van der Waals surface area contributed by atoms with E-state index < -0.39 is 0 Å². The Bertz CT molecular complexity index is 583. The van der Waals surface area contributed by atoms with E-state index in [1.807, 2.05) is 31.6 Å². The maximum absolute atomic E-state index is 5.32. The van der Waals surface area contributed by atoms with E-state index in [4.69, 9.17) is 4.74 Å². The summed E-state index contributed by atoms with van der Waals surface area (Å²) in [6, 6.07) is 6.26. The summed E-state index contributed by atoms with van der Waals surface area (Å²) >= 11 is 3.63. The van der Waals surface area contributed by atoms with Gasteiger partial charge in [0.15, 0.2) is 0 Å². The van der Waals surface area contributed by atoms with E-state index in [1.54, 1.807) is 7.11 Å². The molecular formula is C16H22BrN3O. The van der Waals surface area contributed by atoms with Crippen molar-refractivity contribution < 1.29 is 4.74 Å². The molecule has 1 aromatic heterocycles. The lowest BCUT2D eigenvalue weighted by atomic mass is 10.0. The van der Waals surface area contributed by atoms with Crippen LogP contribution in [0.15, 0.2) is 35.1 Å². The average Bonchev–Trinajstić information content (AvgIpc) is 2.91. The van der Waals surface area contributed by atoms with Crippen LogP contribution in [0, 0.1) is 0 Å². The molecular weight excluding hydrogens is 330 g/mol. The zero-order chi connectivity index (χ0) is 15.2. The van der Waals surface area contributed by atoms with Gasteiger partial charge in [0.1, 0.15) is 11.6 Å². The summed E-state index contributed by atoms with van der Waals surface area (Å²) in [5, 5.41) is 3.58. The lowest BCUT2D eigenvalue weighted by molar-refractivity contribution is 0.413. The van der Waals surface area contributed by atoms with Crippen LogP contribution in [0.5, 0.6) is 5.75 Å². The predicted octanol–water partition coefficient (Wildman–Crippen LogP) is 3.47. The second-order valence-corrected chi connectivity index (χ2v) is 5.92. The fourth-order valence-corrected chi connectivity index (χ4v) is 2.75. The van der Waals surface area contributed by atoms with Crippen molar-refractivity contribution in [2.45, 2.75) is 25.8 Å². The zero-order valence-electron chi connectivity index (χ0n) is 12.8. The molecule has 1 aromatic carbocycles. The SMILES string of the molecule is CCCNC(Cc1cc(OC)ccc1Br)c1nccn1C. The van der Waals surface area contributed by atoms with Gasteiger partial charge in [-0.15, -0.1) is 0 Å². The summed E-state index contributed by atoms with van der Waals surface area (Å²) in [6.45, 7) is 3.14. The lowest BCUT2D eigenvalue weighted by Gasteiger charge is -2.19. The number of halogens is 1. The van der Waals surface area contributed by atoms with Gasteiger partial charge in [0.2, 0.25) is 0 Å². The van der Waals surface area contributed by atoms with E-state index in [0.717, 1.165) is 35.4 Å². The number of aromatic nitrogens is 2. The van der Waals surface area contributed by atoms with Gasteiger partial charge in [0, 0.05) is 23.9 Å². The number of benzene rings is 1. The summed E-state index contributed by atoms with van der Waals surface area (Å²) in [6.07, 6.45) is 5.79. The van der Waals surface area contributed by atoms with Crippen LogP contribution in [-0.4, -0.2) is 23.2 Å². The van der Waals surface area contributed by atoms with E-state index in [2.05, 4.69) is 43.8 Å². The highest BCUT2D eigenvalue weighted by molar-refractivity contribution is 9.10. The van der Waals surface area contributed by atoms with Crippen molar-refractivity contribution in [2.24, 2.45) is 7.05 Å². The quantitative estimate of drug-likeness (QED) is 0.829. The first kappa shape index (κ1) is 16.0. The Morgan fingerprint density at radius 2 is 2.24 bits per heavy atom. The lowest BCUT2D eigenvalue weighted by Crippen LogP contribution is -2.26. The number of aryl methyl sites for hydroxylation is 1. The third kappa shape index (κ3) is 4.08. The van der Waals surface area contributed by atoms with Gasteiger partial charge in [0.25, 0.3) is 0 Å². The fraction of sp³-hybridized carbons (Fsp3) is 0.438. The van der Waals surface area contributed by atoms with Gasteiger partial charge < -0.3 is 14.6 Å². The highest BCUT2D eigenvalue weighted by Gasteiger charge is 2.17. The number of ether oxygens (including phenoxy) is 1. The normalized spacial score (nSPS) is 12.4. The van der Waals surface area contributed by atoms with E-state index in [0.29, 0.717) is 0 Å². The maximum atomic E-state index is 5.32. The molecule has 1 heterocycles. The molecule has 5 heteroatoms. The maximum Gasteiger partial charge on any atom is 0.125 e. The van der Waals surface area contributed by atoms with Gasteiger partial charge in [-0.3, -0.25) is 0 Å². The van der Waals surface area contributed by atoms with Crippen LogP contribution in [0.3, 0.4) is 0 Å². The standard InChI is InChI=1S/C16H22BrN3O/c1-4-7-18-15(16-19-8-9-20(16)2)11-12-10-13(21-3)5-6-14(12)17/h5-6,8-10,15,18H,4,7,11H2,1-3H3. The molecule has 2 aromatic rings. The van der Waals surface area contributed by atoms with E-state index in [1.165, 1.54) is 5.56 Å². The van der Waals surface area contributed by atoms with Crippen molar-refractivity contribution in [1.29, 1.82) is 0 Å². The number of imidazole rings is 1. The molecule has 114 valence electrons. The second-order valence-electron chi connectivity index (χ2n) is 5.06. The summed E-state index contributed by atoms with van der Waals surface area (Å²) in [5.41, 5.74) is 1.21. The highest BCUT2D eigenvalue weighted by atomic mass is 79.9. The van der Waals surface area contributed by atoms with Crippen LogP contribution in [0.1, 0.15) is 30.8 Å². The fourth-order valence-electron chi connectivity index (χ4n) is 2.34. The molecule has 0 aliphatic rings. The van der Waals surface area contributed by atoms with Crippen molar-refractivity contribution in [1.82, 2.24) is 14.9 Å². The Labute approximate surface area is 134 Å². The molecule has 1 N–H and O–H groups in total. The summed E-state index contributed by atoms with van der Waals surface area (Å²) in [5.74, 6) is 1.93. The van der Waals surface area contributed by atoms with Gasteiger partial charge in [-0.2, -0.15) is 0 Å². The first-order chi connectivity index (χ1) is 10.2. The molecule has 0 radical (unpaired) electrons. The van der Waals surface area contributed by atoms with Gasteiger partial charge in [-0.05, 0) is 43.1 Å². The molecule has 0 bridgehead atoms. The molecule has 0 aliphatic heterocycles. The van der Waals surface area contributed by atoms with Crippen molar-refractivity contribution in [3.8, 4) is 5.75 Å². The van der Waals surface area contributed by atoms with Crippen LogP contribution in [0.2, 0.25) is 0 Å². The highest BCUT2D eigenvalue weighted by Crippen LogP contribution is 2.27. The molecule has 0 spiro atoms. The second kappa shape index (κ2) is 7.61. The van der Waals surface area contributed by atoms with Crippen LogP contribution < -0.4 is 10.1 Å². The van der Waals surface area contributed by atoms with Gasteiger partial charge in [0.05, 0.1) is 13.2 Å². The van der Waals surface area contributed by atoms with Crippen molar-refractivity contribution in [3.63, 3.8) is 0 Å². The van der Waals surface area contributed by atoms with Gasteiger partial charge in [-0.25, -0.2) is 4.98 Å². The van der Waals surface area contributed by atoms with Crippen molar-refractivity contribution >= 4 is 15.9 Å². The van der Waals surface area contributed by atoms with Gasteiger partial charge in [-0.1, -0.05) is 22.9 Å². The Morgan fingerprint density at radius 3 is 2.86 bits per heavy atom. The molecule has 0 saturated heterocycles. The largest absolute Gasteiger partial charge is 0.497 e. The summed E-state index contributed by atoms with van der Waals surface area (Å²) in [7, 11) is 3.72. The molecule has 0 aliphatic carbocycles. The minimum atomic E-state index is 0.188. The average molecular weight is 352 g/mol. The molecule has 0 fully saturated rings. The molecule has 1 atom stereocenters. The van der Waals surface area contributed by atoms with Crippen LogP contribution in [-0.2, 0) is 13.5 Å². The Hall–Kier alpha value is -1.33. The number of hydrogen-bond donors (Lipinski definition) is 1. The molecule has 0 saturated carbocycles. The number of rotatable bonds is 7. The minimum Gasteiger partial charge on any atom is -0.497 e. The first-order valence-corrected chi connectivity index (χ1v) is 7.98. The summed E-state index contributed by atoms with van der Waals surface area (Å²) < 4.78 is 8.49. The Kier molecular flexibility index (Phi) is 5.82. The number of nitrogens with one attached hydrogen (secondary N) is 1. The number of nitrogens with zero attached hydrogens (tertiary/aromatic N) is 2. The van der Waals surface area contributed by atoms with E-state index in [-0.39, 0.29) is 6.04 Å². The summed E-state index contributed by atoms with van der Waals surface area (Å²) in [4.78, 5) is 4.49. The number of methoxy groups -OCH3 is 1. The van der Waals surface area contributed by atoms with Gasteiger partial charge >= 0.3 is 0 Å². The van der Waals surface area contributed by atoms with Crippen molar-refractivity contribution in [3.05, 3.63) is 46.5 Å². The topological polar surface area (TPSA) is 39.1 Å². The molecule has 0 amide bonds. The van der Waals surface area contributed by atoms with E-state index in [9.17, 15) is 0 Å². The van der Waals surface area contributed by atoms with Crippen LogP contribution in [0.4, 0.5) is 0 Å². The smallest absolute Gasteiger partial charge is 0.125 e.